The Hall–Kier alpha value is -2.74. The van der Waals surface area contributed by atoms with Gasteiger partial charge in [-0.15, -0.1) is 5.10 Å². The fourth-order valence-electron chi connectivity index (χ4n) is 4.27. The predicted molar refractivity (Wildman–Crippen MR) is 109 cm³/mol. The third-order valence-corrected chi connectivity index (χ3v) is 5.78. The molecule has 0 N–H and O–H groups in total. The zero-order chi connectivity index (χ0) is 18.9. The van der Waals surface area contributed by atoms with Gasteiger partial charge in [-0.1, -0.05) is 5.21 Å². The molecule has 8 heteroatoms. The lowest BCUT2D eigenvalue weighted by molar-refractivity contribution is 0.247. The quantitative estimate of drug-likeness (QED) is 0.684. The van der Waals surface area contributed by atoms with Gasteiger partial charge in [0.2, 0.25) is 0 Å². The fraction of sp³-hybridized carbons (Fsp3) is 0.500. The minimum absolute atomic E-state index is 0.867. The van der Waals surface area contributed by atoms with Crippen molar-refractivity contribution in [2.24, 2.45) is 7.05 Å². The van der Waals surface area contributed by atoms with Gasteiger partial charge in [0.1, 0.15) is 12.1 Å². The number of hydrogen-bond donors (Lipinski definition) is 0. The summed E-state index contributed by atoms with van der Waals surface area (Å²) in [5.41, 5.74) is 3.33. The molecule has 2 aliphatic heterocycles. The second-order valence-electron chi connectivity index (χ2n) is 7.74. The lowest BCUT2D eigenvalue weighted by atomic mass is 10.1. The van der Waals surface area contributed by atoms with E-state index in [1.54, 1.807) is 11.0 Å². The molecular formula is C20H26N8. The van der Waals surface area contributed by atoms with E-state index in [-0.39, 0.29) is 0 Å². The first-order chi connectivity index (χ1) is 13.8. The molecule has 146 valence electrons. The van der Waals surface area contributed by atoms with Crippen molar-refractivity contribution in [3.05, 3.63) is 36.4 Å². The maximum Gasteiger partial charge on any atom is 0.139 e. The smallest absolute Gasteiger partial charge is 0.139 e. The van der Waals surface area contributed by atoms with Gasteiger partial charge < -0.3 is 9.80 Å². The minimum atomic E-state index is 0.867. The van der Waals surface area contributed by atoms with E-state index in [0.717, 1.165) is 62.8 Å². The summed E-state index contributed by atoms with van der Waals surface area (Å²) in [5, 5.41) is 9.41. The van der Waals surface area contributed by atoms with E-state index in [1.165, 1.54) is 23.9 Å². The first-order valence-corrected chi connectivity index (χ1v) is 10.1. The van der Waals surface area contributed by atoms with Gasteiger partial charge in [-0.2, -0.15) is 0 Å². The normalized spacial score (nSPS) is 18.3. The Labute approximate surface area is 164 Å². The average Bonchev–Trinajstić information content (AvgIpc) is 3.40. The molecule has 2 fully saturated rings. The van der Waals surface area contributed by atoms with Crippen molar-refractivity contribution in [3.63, 3.8) is 0 Å². The van der Waals surface area contributed by atoms with Crippen LogP contribution in [-0.2, 0) is 13.6 Å². The van der Waals surface area contributed by atoms with Crippen molar-refractivity contribution in [1.29, 1.82) is 0 Å². The maximum atomic E-state index is 4.61. The molecule has 0 bridgehead atoms. The molecule has 3 aromatic rings. The van der Waals surface area contributed by atoms with E-state index < -0.39 is 0 Å². The first kappa shape index (κ1) is 17.4. The highest BCUT2D eigenvalue weighted by Gasteiger charge is 2.20. The molecule has 0 saturated carbocycles. The Morgan fingerprint density at radius 3 is 2.50 bits per heavy atom. The lowest BCUT2D eigenvalue weighted by Crippen LogP contribution is -2.46. The zero-order valence-electron chi connectivity index (χ0n) is 16.3. The van der Waals surface area contributed by atoms with Crippen molar-refractivity contribution in [3.8, 4) is 0 Å². The summed E-state index contributed by atoms with van der Waals surface area (Å²) < 4.78 is 1.76. The highest BCUT2D eigenvalue weighted by atomic mass is 15.4. The van der Waals surface area contributed by atoms with E-state index in [2.05, 4.69) is 53.2 Å². The predicted octanol–water partition coefficient (Wildman–Crippen LogP) is 1.68. The van der Waals surface area contributed by atoms with Crippen molar-refractivity contribution >= 4 is 22.4 Å². The van der Waals surface area contributed by atoms with E-state index >= 15 is 0 Å². The van der Waals surface area contributed by atoms with Gasteiger partial charge in [0.15, 0.2) is 0 Å². The van der Waals surface area contributed by atoms with Crippen molar-refractivity contribution in [2.75, 3.05) is 49.1 Å². The van der Waals surface area contributed by atoms with Crippen LogP contribution in [0, 0.1) is 0 Å². The molecule has 1 aromatic carbocycles. The molecule has 0 radical (unpaired) electrons. The average molecular weight is 378 g/mol. The summed E-state index contributed by atoms with van der Waals surface area (Å²) in [6.45, 7) is 7.13. The van der Waals surface area contributed by atoms with E-state index in [9.17, 15) is 0 Å². The van der Waals surface area contributed by atoms with E-state index in [4.69, 9.17) is 0 Å². The van der Waals surface area contributed by atoms with Crippen LogP contribution in [0.2, 0.25) is 0 Å². The number of aromatic nitrogens is 5. The third-order valence-electron chi connectivity index (χ3n) is 5.78. The Morgan fingerprint density at radius 1 is 0.929 bits per heavy atom. The van der Waals surface area contributed by atoms with Crippen LogP contribution in [0.15, 0.2) is 30.7 Å². The summed E-state index contributed by atoms with van der Waals surface area (Å²) in [4.78, 5) is 16.4. The first-order valence-electron chi connectivity index (χ1n) is 10.1. The Morgan fingerprint density at radius 2 is 1.75 bits per heavy atom. The van der Waals surface area contributed by atoms with Gasteiger partial charge in [-0.05, 0) is 31.0 Å². The standard InChI is InChI=1S/C20H26N8/c1-25-13-16(23-24-25)14-26-8-10-27(11-9-26)17-4-5-19-18(12-17)20(22-15-21-19)28-6-2-3-7-28/h4-5,12-13,15H,2-3,6-11,14H2,1H3. The monoisotopic (exact) mass is 378 g/mol. The van der Waals surface area contributed by atoms with Gasteiger partial charge in [0.05, 0.1) is 11.2 Å². The van der Waals surface area contributed by atoms with Crippen LogP contribution in [0.5, 0.6) is 0 Å². The van der Waals surface area contributed by atoms with Gasteiger partial charge >= 0.3 is 0 Å². The van der Waals surface area contributed by atoms with Crippen LogP contribution in [0.1, 0.15) is 18.5 Å². The SMILES string of the molecule is Cn1cc(CN2CCN(c3ccc4ncnc(N5CCCC5)c4c3)CC2)nn1. The topological polar surface area (TPSA) is 66.2 Å². The molecule has 2 aliphatic rings. The van der Waals surface area contributed by atoms with Crippen LogP contribution < -0.4 is 9.80 Å². The largest absolute Gasteiger partial charge is 0.369 e. The van der Waals surface area contributed by atoms with Gasteiger partial charge in [-0.3, -0.25) is 9.58 Å². The van der Waals surface area contributed by atoms with Crippen molar-refractivity contribution in [2.45, 2.75) is 19.4 Å². The fourth-order valence-corrected chi connectivity index (χ4v) is 4.27. The number of anilines is 2. The molecule has 0 aliphatic carbocycles. The highest BCUT2D eigenvalue weighted by Crippen LogP contribution is 2.30. The molecule has 2 aromatic heterocycles. The molecule has 0 spiro atoms. The minimum Gasteiger partial charge on any atom is -0.369 e. The van der Waals surface area contributed by atoms with Crippen LogP contribution >= 0.6 is 0 Å². The number of fused-ring (bicyclic) bond motifs is 1. The van der Waals surface area contributed by atoms with Crippen LogP contribution in [0.4, 0.5) is 11.5 Å². The van der Waals surface area contributed by atoms with Gasteiger partial charge in [0, 0.05) is 70.1 Å². The Kier molecular flexibility index (Phi) is 4.56. The summed E-state index contributed by atoms with van der Waals surface area (Å²) in [7, 11) is 1.91. The second-order valence-corrected chi connectivity index (χ2v) is 7.74. The van der Waals surface area contributed by atoms with Crippen molar-refractivity contribution in [1.82, 2.24) is 29.9 Å². The van der Waals surface area contributed by atoms with E-state index in [0.29, 0.717) is 0 Å². The summed E-state index contributed by atoms with van der Waals surface area (Å²) in [6.07, 6.45) is 6.19. The van der Waals surface area contributed by atoms with E-state index in [1.807, 2.05) is 13.2 Å². The summed E-state index contributed by atoms with van der Waals surface area (Å²) in [5.74, 6) is 1.09. The number of rotatable bonds is 4. The molecule has 2 saturated heterocycles. The Balaban J connectivity index is 1.32. The molecule has 28 heavy (non-hydrogen) atoms. The zero-order valence-corrected chi connectivity index (χ0v) is 16.3. The van der Waals surface area contributed by atoms with Crippen LogP contribution in [0.25, 0.3) is 10.9 Å². The molecular weight excluding hydrogens is 352 g/mol. The summed E-state index contributed by atoms with van der Waals surface area (Å²) in [6, 6.07) is 6.61. The molecule has 0 atom stereocenters. The molecule has 0 unspecified atom stereocenters. The second kappa shape index (κ2) is 7.35. The number of piperazine rings is 1. The molecule has 8 nitrogen and oxygen atoms in total. The Bertz CT molecular complexity index is 954. The van der Waals surface area contributed by atoms with Gasteiger partial charge in [0.25, 0.3) is 0 Å². The lowest BCUT2D eigenvalue weighted by Gasteiger charge is -2.35. The third kappa shape index (κ3) is 3.40. The number of nitrogens with zero attached hydrogens (tertiary/aromatic N) is 8. The number of benzene rings is 1. The van der Waals surface area contributed by atoms with Crippen molar-refractivity contribution < 1.29 is 0 Å². The highest BCUT2D eigenvalue weighted by molar-refractivity contribution is 5.92. The molecule has 4 heterocycles. The molecule has 0 amide bonds. The molecule has 5 rings (SSSR count). The number of hydrogen-bond acceptors (Lipinski definition) is 7. The van der Waals surface area contributed by atoms with Crippen LogP contribution in [-0.4, -0.2) is 69.1 Å². The van der Waals surface area contributed by atoms with Gasteiger partial charge in [-0.25, -0.2) is 9.97 Å². The summed E-state index contributed by atoms with van der Waals surface area (Å²) >= 11 is 0. The maximum absolute atomic E-state index is 4.61. The number of aryl methyl sites for hydroxylation is 1. The van der Waals surface area contributed by atoms with Crippen LogP contribution in [0.3, 0.4) is 0 Å².